The summed E-state index contributed by atoms with van der Waals surface area (Å²) in [5.41, 5.74) is 1.22. The molecule has 2 atom stereocenters. The maximum atomic E-state index is 14.5. The van der Waals surface area contributed by atoms with Crippen molar-refractivity contribution >= 4 is 17.8 Å². The second kappa shape index (κ2) is 9.09. The normalized spacial score (nSPS) is 20.4. The predicted octanol–water partition coefficient (Wildman–Crippen LogP) is 4.03. The van der Waals surface area contributed by atoms with Crippen LogP contribution in [-0.4, -0.2) is 34.9 Å². The van der Waals surface area contributed by atoms with Crippen molar-refractivity contribution in [2.45, 2.75) is 31.5 Å². The van der Waals surface area contributed by atoms with Crippen molar-refractivity contribution in [2.24, 2.45) is 0 Å². The van der Waals surface area contributed by atoms with Gasteiger partial charge < -0.3 is 9.67 Å². The summed E-state index contributed by atoms with van der Waals surface area (Å²) in [6.07, 6.45) is 1.90. The molecule has 29 heavy (non-hydrogen) atoms. The minimum atomic E-state index is -2.78. The van der Waals surface area contributed by atoms with E-state index in [1.54, 1.807) is 0 Å². The highest BCUT2D eigenvalue weighted by Crippen LogP contribution is 2.46. The number of piperidine rings is 1. The third-order valence-corrected chi connectivity index (χ3v) is 9.04. The number of aliphatic hydroxyl groups is 1. The molecule has 3 aromatic carbocycles. The average Bonchev–Trinajstić information content (AvgIpc) is 2.77. The Kier molecular flexibility index (Phi) is 6.30. The molecule has 0 amide bonds. The van der Waals surface area contributed by atoms with E-state index < -0.39 is 7.14 Å². The number of β-amino-alcohol motifs (C(OH)–C–C–N with tert-alkyl or cyclic N) is 1. The Labute approximate surface area is 173 Å². The van der Waals surface area contributed by atoms with Crippen LogP contribution < -0.4 is 10.6 Å². The minimum Gasteiger partial charge on any atom is -0.392 e. The van der Waals surface area contributed by atoms with E-state index in [9.17, 15) is 9.67 Å². The molecule has 1 N–H and O–H groups in total. The molecule has 0 saturated carbocycles. The van der Waals surface area contributed by atoms with Gasteiger partial charge in [-0.1, -0.05) is 91.0 Å². The van der Waals surface area contributed by atoms with Gasteiger partial charge in [0.1, 0.15) is 7.14 Å². The van der Waals surface area contributed by atoms with Gasteiger partial charge in [0, 0.05) is 35.9 Å². The van der Waals surface area contributed by atoms with Gasteiger partial charge in [0.2, 0.25) is 0 Å². The summed E-state index contributed by atoms with van der Waals surface area (Å²) in [6, 6.07) is 30.3. The number of hydrogen-bond acceptors (Lipinski definition) is 3. The lowest BCUT2D eigenvalue weighted by Crippen LogP contribution is -2.47. The van der Waals surface area contributed by atoms with Crippen LogP contribution >= 0.6 is 7.14 Å². The third kappa shape index (κ3) is 4.70. The SMILES string of the molecule is O=P(C[C@H]1CC[C@H](O)CN1Cc1ccccc1)(c1ccccc1)c1ccccc1. The lowest BCUT2D eigenvalue weighted by molar-refractivity contribution is 0.0374. The smallest absolute Gasteiger partial charge is 0.144 e. The largest absolute Gasteiger partial charge is 0.392 e. The molecule has 0 aromatic heterocycles. The second-order valence-electron chi connectivity index (χ2n) is 7.89. The highest BCUT2D eigenvalue weighted by Gasteiger charge is 2.36. The molecule has 3 aromatic rings. The molecular formula is C25H28NO2P. The molecule has 4 rings (SSSR count). The van der Waals surface area contributed by atoms with Crippen LogP contribution in [0.4, 0.5) is 0 Å². The predicted molar refractivity (Wildman–Crippen MR) is 121 cm³/mol. The maximum Gasteiger partial charge on any atom is 0.144 e. The molecule has 0 aliphatic carbocycles. The lowest BCUT2D eigenvalue weighted by Gasteiger charge is -2.39. The van der Waals surface area contributed by atoms with E-state index in [0.29, 0.717) is 12.7 Å². The quantitative estimate of drug-likeness (QED) is 0.630. The van der Waals surface area contributed by atoms with Crippen molar-refractivity contribution in [3.8, 4) is 0 Å². The third-order valence-electron chi connectivity index (χ3n) is 5.84. The van der Waals surface area contributed by atoms with Gasteiger partial charge in [0.25, 0.3) is 0 Å². The van der Waals surface area contributed by atoms with Gasteiger partial charge in [-0.15, -0.1) is 0 Å². The molecule has 150 valence electrons. The summed E-state index contributed by atoms with van der Waals surface area (Å²) in [5, 5.41) is 12.1. The summed E-state index contributed by atoms with van der Waals surface area (Å²) in [4.78, 5) is 2.32. The standard InChI is InChI=1S/C25H28NO2P/c27-23-17-16-22(26(19-23)18-21-10-4-1-5-11-21)20-29(28,24-12-6-2-7-13-24)25-14-8-3-9-15-25/h1-15,22-23,27H,16-20H2/t22-,23+/m1/s1. The van der Waals surface area contributed by atoms with E-state index in [1.807, 2.05) is 78.9 Å². The first-order valence-electron chi connectivity index (χ1n) is 10.3. The minimum absolute atomic E-state index is 0.171. The molecule has 1 aliphatic rings. The number of likely N-dealkylation sites (tertiary alicyclic amines) is 1. The molecule has 0 radical (unpaired) electrons. The Morgan fingerprint density at radius 2 is 1.31 bits per heavy atom. The Morgan fingerprint density at radius 1 is 0.793 bits per heavy atom. The first-order valence-corrected chi connectivity index (χ1v) is 12.2. The molecule has 1 fully saturated rings. The molecule has 0 spiro atoms. The van der Waals surface area contributed by atoms with Crippen LogP contribution in [0.25, 0.3) is 0 Å². The number of aliphatic hydroxyl groups excluding tert-OH is 1. The number of hydrogen-bond donors (Lipinski definition) is 1. The maximum absolute atomic E-state index is 14.5. The van der Waals surface area contributed by atoms with Gasteiger partial charge in [-0.2, -0.15) is 0 Å². The zero-order chi connectivity index (χ0) is 20.1. The number of benzene rings is 3. The van der Waals surface area contributed by atoms with Crippen molar-refractivity contribution in [1.29, 1.82) is 0 Å². The van der Waals surface area contributed by atoms with E-state index in [4.69, 9.17) is 0 Å². The zero-order valence-corrected chi connectivity index (χ0v) is 17.5. The Balaban J connectivity index is 1.66. The molecule has 4 heteroatoms. The average molecular weight is 405 g/mol. The monoisotopic (exact) mass is 405 g/mol. The van der Waals surface area contributed by atoms with Crippen LogP contribution in [0.3, 0.4) is 0 Å². The number of rotatable bonds is 6. The summed E-state index contributed by atoms with van der Waals surface area (Å²) < 4.78 is 14.5. The Bertz CT molecular complexity index is 903. The summed E-state index contributed by atoms with van der Waals surface area (Å²) in [7, 11) is -2.78. The summed E-state index contributed by atoms with van der Waals surface area (Å²) in [5.74, 6) is 0. The van der Waals surface area contributed by atoms with Crippen molar-refractivity contribution in [3.05, 3.63) is 96.6 Å². The van der Waals surface area contributed by atoms with Crippen molar-refractivity contribution in [3.63, 3.8) is 0 Å². The zero-order valence-electron chi connectivity index (χ0n) is 16.6. The molecule has 1 heterocycles. The number of nitrogens with zero attached hydrogens (tertiary/aromatic N) is 1. The molecule has 1 aliphatic heterocycles. The van der Waals surface area contributed by atoms with Crippen LogP contribution in [0, 0.1) is 0 Å². The molecule has 0 unspecified atom stereocenters. The van der Waals surface area contributed by atoms with Gasteiger partial charge >= 0.3 is 0 Å². The van der Waals surface area contributed by atoms with E-state index >= 15 is 0 Å². The fourth-order valence-corrected chi connectivity index (χ4v) is 7.33. The van der Waals surface area contributed by atoms with Crippen LogP contribution in [0.1, 0.15) is 18.4 Å². The van der Waals surface area contributed by atoms with Crippen molar-refractivity contribution < 1.29 is 9.67 Å². The van der Waals surface area contributed by atoms with Crippen molar-refractivity contribution in [1.82, 2.24) is 4.90 Å². The Morgan fingerprint density at radius 3 is 1.86 bits per heavy atom. The van der Waals surface area contributed by atoms with Gasteiger partial charge in [0.05, 0.1) is 6.10 Å². The highest BCUT2D eigenvalue weighted by molar-refractivity contribution is 7.78. The first kappa shape index (κ1) is 20.1. The van der Waals surface area contributed by atoms with E-state index in [1.165, 1.54) is 5.56 Å². The molecule has 3 nitrogen and oxygen atoms in total. The highest BCUT2D eigenvalue weighted by atomic mass is 31.2. The lowest BCUT2D eigenvalue weighted by atomic mass is 10.0. The van der Waals surface area contributed by atoms with Gasteiger partial charge in [-0.05, 0) is 18.4 Å². The van der Waals surface area contributed by atoms with Gasteiger partial charge in [0.15, 0.2) is 0 Å². The summed E-state index contributed by atoms with van der Waals surface area (Å²) in [6.45, 7) is 1.40. The van der Waals surface area contributed by atoms with Crippen molar-refractivity contribution in [2.75, 3.05) is 12.7 Å². The van der Waals surface area contributed by atoms with Crippen LogP contribution in [-0.2, 0) is 11.1 Å². The molecule has 0 bridgehead atoms. The molecular weight excluding hydrogens is 377 g/mol. The van der Waals surface area contributed by atoms with E-state index in [2.05, 4.69) is 17.0 Å². The first-order chi connectivity index (χ1) is 14.1. The molecule has 1 saturated heterocycles. The van der Waals surface area contributed by atoms with E-state index in [-0.39, 0.29) is 12.1 Å². The van der Waals surface area contributed by atoms with Crippen LogP contribution in [0.15, 0.2) is 91.0 Å². The second-order valence-corrected chi connectivity index (χ2v) is 10.8. The van der Waals surface area contributed by atoms with Gasteiger partial charge in [-0.3, -0.25) is 4.90 Å². The Hall–Kier alpha value is -2.19. The topological polar surface area (TPSA) is 40.5 Å². The van der Waals surface area contributed by atoms with E-state index in [0.717, 1.165) is 30.0 Å². The summed E-state index contributed by atoms with van der Waals surface area (Å²) >= 11 is 0. The van der Waals surface area contributed by atoms with Gasteiger partial charge in [-0.25, -0.2) is 0 Å². The van der Waals surface area contributed by atoms with Crippen LogP contribution in [0.2, 0.25) is 0 Å². The fraction of sp³-hybridized carbons (Fsp3) is 0.280. The fourth-order valence-electron chi connectivity index (χ4n) is 4.29. The van der Waals surface area contributed by atoms with Crippen LogP contribution in [0.5, 0.6) is 0 Å².